The fraction of sp³-hybridized carbons (Fsp3) is 0.316. The van der Waals surface area contributed by atoms with Crippen molar-refractivity contribution in [2.24, 2.45) is 0 Å². The molecule has 0 N–H and O–H groups in total. The summed E-state index contributed by atoms with van der Waals surface area (Å²) in [6.45, 7) is -2.97. The third-order valence-electron chi connectivity index (χ3n) is 4.33. The molecule has 0 bridgehead atoms. The van der Waals surface area contributed by atoms with Crippen LogP contribution in [0.4, 0.5) is 8.78 Å². The molecule has 0 amide bonds. The molecule has 1 saturated carbocycles. The molecule has 2 aromatic carbocycles. The third-order valence-corrected chi connectivity index (χ3v) is 6.29. The number of nitrogens with zero attached hydrogens (tertiary/aromatic N) is 2. The Bertz CT molecular complexity index is 1000. The first-order chi connectivity index (χ1) is 13.4. The first-order valence-corrected chi connectivity index (χ1v) is 9.93. The Balaban J connectivity index is 1.93. The summed E-state index contributed by atoms with van der Waals surface area (Å²) in [5.74, 6) is -0.0414. The van der Waals surface area contributed by atoms with Crippen molar-refractivity contribution in [3.63, 3.8) is 0 Å². The molecular weight excluding hydrogens is 390 g/mol. The van der Waals surface area contributed by atoms with E-state index in [4.69, 9.17) is 4.74 Å². The Hall–Kier alpha value is -2.70. The van der Waals surface area contributed by atoms with E-state index >= 15 is 0 Å². The summed E-state index contributed by atoms with van der Waals surface area (Å²) in [6, 6.07) is 12.1. The van der Waals surface area contributed by atoms with Crippen molar-refractivity contribution in [1.29, 1.82) is 5.26 Å². The molecule has 6 nitrogen and oxygen atoms in total. The molecule has 0 aliphatic heterocycles. The lowest BCUT2D eigenvalue weighted by Crippen LogP contribution is -2.33. The number of benzene rings is 2. The van der Waals surface area contributed by atoms with Crippen molar-refractivity contribution in [3.8, 4) is 17.6 Å². The highest BCUT2D eigenvalue weighted by Crippen LogP contribution is 2.36. The molecule has 1 aliphatic carbocycles. The summed E-state index contributed by atoms with van der Waals surface area (Å²) in [5.41, 5.74) is 0.634. The predicted octanol–water partition coefficient (Wildman–Crippen LogP) is 3.52. The van der Waals surface area contributed by atoms with Crippen LogP contribution in [0.2, 0.25) is 0 Å². The largest absolute Gasteiger partial charge is 0.493 e. The smallest absolute Gasteiger partial charge is 0.387 e. The first-order valence-electron chi connectivity index (χ1n) is 8.49. The topological polar surface area (TPSA) is 79.6 Å². The van der Waals surface area contributed by atoms with Gasteiger partial charge in [-0.05, 0) is 42.7 Å². The Kier molecular flexibility index (Phi) is 5.82. The molecule has 0 aromatic heterocycles. The van der Waals surface area contributed by atoms with Crippen molar-refractivity contribution in [1.82, 2.24) is 4.31 Å². The van der Waals surface area contributed by atoms with E-state index in [2.05, 4.69) is 4.74 Å². The number of alkyl halides is 2. The molecule has 1 fully saturated rings. The average molecular weight is 408 g/mol. The number of hydrogen-bond acceptors (Lipinski definition) is 5. The summed E-state index contributed by atoms with van der Waals surface area (Å²) in [4.78, 5) is -0.0472. The molecule has 0 saturated heterocycles. The van der Waals surface area contributed by atoms with Gasteiger partial charge < -0.3 is 9.47 Å². The first kappa shape index (κ1) is 20.0. The second-order valence-electron chi connectivity index (χ2n) is 6.25. The highest BCUT2D eigenvalue weighted by molar-refractivity contribution is 7.89. The zero-order valence-corrected chi connectivity index (χ0v) is 15.8. The van der Waals surface area contributed by atoms with E-state index in [-0.39, 0.29) is 34.5 Å². The number of nitriles is 1. The van der Waals surface area contributed by atoms with Gasteiger partial charge in [0.15, 0.2) is 11.5 Å². The maximum Gasteiger partial charge on any atom is 0.387 e. The van der Waals surface area contributed by atoms with E-state index in [1.165, 1.54) is 41.7 Å². The van der Waals surface area contributed by atoms with Crippen LogP contribution in [0.25, 0.3) is 0 Å². The molecule has 0 spiro atoms. The number of methoxy groups -OCH3 is 1. The van der Waals surface area contributed by atoms with Gasteiger partial charge in [0.2, 0.25) is 10.0 Å². The lowest BCUT2D eigenvalue weighted by atomic mass is 10.2. The molecule has 1 aliphatic rings. The molecule has 0 atom stereocenters. The van der Waals surface area contributed by atoms with Crippen LogP contribution in [0.3, 0.4) is 0 Å². The minimum atomic E-state index is -3.91. The number of hydrogen-bond donors (Lipinski definition) is 0. The van der Waals surface area contributed by atoms with E-state index in [9.17, 15) is 22.5 Å². The van der Waals surface area contributed by atoms with Gasteiger partial charge in [-0.25, -0.2) is 8.42 Å². The molecule has 0 heterocycles. The van der Waals surface area contributed by atoms with Crippen LogP contribution in [0.15, 0.2) is 47.4 Å². The highest BCUT2D eigenvalue weighted by atomic mass is 32.2. The quantitative estimate of drug-likeness (QED) is 0.668. The van der Waals surface area contributed by atoms with Crippen LogP contribution in [-0.4, -0.2) is 32.5 Å². The standard InChI is InChI=1S/C19H18F2N2O4S/c1-26-17-10-13(6-9-16(17)27-19(20)21)12-23(15-7-8-15)28(24,25)18-5-3-2-4-14(18)11-22/h2-6,9-10,15,19H,7-8,12H2,1H3. The van der Waals surface area contributed by atoms with Crippen LogP contribution < -0.4 is 9.47 Å². The van der Waals surface area contributed by atoms with Crippen molar-refractivity contribution in [2.75, 3.05) is 7.11 Å². The van der Waals surface area contributed by atoms with Crippen LogP contribution in [-0.2, 0) is 16.6 Å². The number of ether oxygens (including phenoxy) is 2. The second-order valence-corrected chi connectivity index (χ2v) is 8.11. The molecule has 28 heavy (non-hydrogen) atoms. The number of halogens is 2. The van der Waals surface area contributed by atoms with Crippen molar-refractivity contribution in [3.05, 3.63) is 53.6 Å². The van der Waals surface area contributed by atoms with Crippen LogP contribution in [0, 0.1) is 11.3 Å². The minimum absolute atomic E-state index is 0.0259. The van der Waals surface area contributed by atoms with Gasteiger partial charge in [-0.15, -0.1) is 0 Å². The minimum Gasteiger partial charge on any atom is -0.493 e. The summed E-state index contributed by atoms with van der Waals surface area (Å²) >= 11 is 0. The number of sulfonamides is 1. The lowest BCUT2D eigenvalue weighted by molar-refractivity contribution is -0.0512. The van der Waals surface area contributed by atoms with Crippen LogP contribution in [0.1, 0.15) is 24.0 Å². The van der Waals surface area contributed by atoms with Crippen molar-refractivity contribution < 1.29 is 26.7 Å². The molecule has 3 rings (SSSR count). The fourth-order valence-corrected chi connectivity index (χ4v) is 4.68. The van der Waals surface area contributed by atoms with Crippen molar-refractivity contribution in [2.45, 2.75) is 36.9 Å². The van der Waals surface area contributed by atoms with E-state index in [0.717, 1.165) is 12.8 Å². The zero-order chi connectivity index (χ0) is 20.3. The van der Waals surface area contributed by atoms with Gasteiger partial charge in [0.1, 0.15) is 6.07 Å². The lowest BCUT2D eigenvalue weighted by Gasteiger charge is -2.23. The number of rotatable bonds is 8. The molecular formula is C19H18F2N2O4S. The molecule has 0 unspecified atom stereocenters. The van der Waals surface area contributed by atoms with Gasteiger partial charge in [0.25, 0.3) is 0 Å². The maximum atomic E-state index is 13.2. The summed E-state index contributed by atoms with van der Waals surface area (Å²) in [7, 11) is -2.59. The Morgan fingerprint density at radius 2 is 1.93 bits per heavy atom. The Labute approximate surface area is 162 Å². The third kappa shape index (κ3) is 4.24. The Morgan fingerprint density at radius 1 is 1.21 bits per heavy atom. The van der Waals surface area contributed by atoms with Gasteiger partial charge >= 0.3 is 6.61 Å². The van der Waals surface area contributed by atoms with E-state index in [1.54, 1.807) is 12.1 Å². The van der Waals surface area contributed by atoms with Crippen molar-refractivity contribution >= 4 is 10.0 Å². The van der Waals surface area contributed by atoms with Gasteiger partial charge in [-0.2, -0.15) is 18.3 Å². The van der Waals surface area contributed by atoms with Crippen LogP contribution >= 0.6 is 0 Å². The SMILES string of the molecule is COc1cc(CN(C2CC2)S(=O)(=O)c2ccccc2C#N)ccc1OC(F)F. The summed E-state index contributed by atoms with van der Waals surface area (Å²) < 4.78 is 62.2. The van der Waals surface area contributed by atoms with Gasteiger partial charge in [0.05, 0.1) is 17.6 Å². The predicted molar refractivity (Wildman–Crippen MR) is 96.5 cm³/mol. The fourth-order valence-electron chi connectivity index (χ4n) is 2.87. The molecule has 2 aromatic rings. The van der Waals surface area contributed by atoms with Gasteiger partial charge in [-0.1, -0.05) is 18.2 Å². The van der Waals surface area contributed by atoms with Gasteiger partial charge in [0, 0.05) is 12.6 Å². The highest BCUT2D eigenvalue weighted by Gasteiger charge is 2.39. The maximum absolute atomic E-state index is 13.2. The van der Waals surface area contributed by atoms with E-state index in [0.29, 0.717) is 5.56 Å². The van der Waals surface area contributed by atoms with E-state index in [1.807, 2.05) is 6.07 Å². The van der Waals surface area contributed by atoms with E-state index < -0.39 is 16.6 Å². The molecule has 9 heteroatoms. The molecule has 0 radical (unpaired) electrons. The van der Waals surface area contributed by atoms with Crippen LogP contribution in [0.5, 0.6) is 11.5 Å². The second kappa shape index (κ2) is 8.12. The molecule has 148 valence electrons. The normalized spacial score (nSPS) is 14.1. The Morgan fingerprint density at radius 3 is 2.54 bits per heavy atom. The monoisotopic (exact) mass is 408 g/mol. The zero-order valence-electron chi connectivity index (χ0n) is 15.0. The summed E-state index contributed by atoms with van der Waals surface area (Å²) in [5, 5.41) is 9.25. The van der Waals surface area contributed by atoms with Gasteiger partial charge in [-0.3, -0.25) is 0 Å². The average Bonchev–Trinajstić information content (AvgIpc) is 3.51. The summed E-state index contributed by atoms with van der Waals surface area (Å²) in [6.07, 6.45) is 1.44.